The number of alkyl halides is 2. The zero-order valence-electron chi connectivity index (χ0n) is 18.3. The summed E-state index contributed by atoms with van der Waals surface area (Å²) >= 11 is 0. The third-order valence-corrected chi connectivity index (χ3v) is 7.19. The summed E-state index contributed by atoms with van der Waals surface area (Å²) in [5.41, 5.74) is 1.77. The number of nitrogens with one attached hydrogen (secondary N) is 1. The highest BCUT2D eigenvalue weighted by Gasteiger charge is 2.36. The molecule has 1 unspecified atom stereocenters. The molecule has 0 saturated carbocycles. The van der Waals surface area contributed by atoms with Gasteiger partial charge in [-0.05, 0) is 63.0 Å². The van der Waals surface area contributed by atoms with Gasteiger partial charge < -0.3 is 19.7 Å². The predicted octanol–water partition coefficient (Wildman–Crippen LogP) is 3.74. The van der Waals surface area contributed by atoms with Gasteiger partial charge >= 0.3 is 0 Å². The van der Waals surface area contributed by atoms with Crippen LogP contribution in [0, 0.1) is 0 Å². The average molecular weight is 445 g/mol. The fraction of sp³-hybridized carbons (Fsp3) is 0.583. The topological polar surface area (TPSA) is 59.7 Å². The molecule has 1 N–H and O–H groups in total. The van der Waals surface area contributed by atoms with E-state index < -0.39 is 5.92 Å². The van der Waals surface area contributed by atoms with E-state index in [0.29, 0.717) is 11.3 Å². The highest BCUT2D eigenvalue weighted by molar-refractivity contribution is 6.02. The van der Waals surface area contributed by atoms with E-state index >= 15 is 0 Å². The molecule has 32 heavy (non-hydrogen) atoms. The molecule has 3 aliphatic heterocycles. The Kier molecular flexibility index (Phi) is 5.65. The van der Waals surface area contributed by atoms with E-state index in [9.17, 15) is 18.4 Å². The van der Waals surface area contributed by atoms with Gasteiger partial charge in [0.25, 0.3) is 17.7 Å². The smallest absolute Gasteiger partial charge is 0.270 e. The summed E-state index contributed by atoms with van der Waals surface area (Å²) in [6, 6.07) is 7.46. The number of aromatic amines is 1. The zero-order chi connectivity index (χ0) is 22.3. The van der Waals surface area contributed by atoms with Gasteiger partial charge in [0.2, 0.25) is 0 Å². The van der Waals surface area contributed by atoms with Crippen LogP contribution in [0.5, 0.6) is 0 Å². The number of H-pyrrole nitrogens is 1. The van der Waals surface area contributed by atoms with Crippen molar-refractivity contribution >= 4 is 22.7 Å². The average Bonchev–Trinajstić information content (AvgIpc) is 3.53. The minimum atomic E-state index is -2.69. The maximum absolute atomic E-state index is 13.4. The second-order valence-electron chi connectivity index (χ2n) is 9.44. The highest BCUT2D eigenvalue weighted by Crippen LogP contribution is 2.29. The van der Waals surface area contributed by atoms with Gasteiger partial charge in [-0.3, -0.25) is 9.59 Å². The molecular weight excluding hydrogens is 414 g/mol. The van der Waals surface area contributed by atoms with Crippen LogP contribution in [0.2, 0.25) is 0 Å². The van der Waals surface area contributed by atoms with Gasteiger partial charge in [-0.2, -0.15) is 0 Å². The van der Waals surface area contributed by atoms with Crippen LogP contribution in [0.3, 0.4) is 0 Å². The molecule has 1 aromatic carbocycles. The number of nitrogens with zero attached hydrogens (tertiary/aromatic N) is 3. The molecule has 2 amide bonds. The van der Waals surface area contributed by atoms with Crippen molar-refractivity contribution in [3.8, 4) is 0 Å². The molecule has 172 valence electrons. The molecule has 0 spiro atoms. The first kappa shape index (κ1) is 21.4. The summed E-state index contributed by atoms with van der Waals surface area (Å²) < 4.78 is 26.8. The molecule has 0 bridgehead atoms. The first-order valence-corrected chi connectivity index (χ1v) is 11.7. The van der Waals surface area contributed by atoms with Crippen LogP contribution in [0.25, 0.3) is 10.9 Å². The van der Waals surface area contributed by atoms with E-state index in [0.717, 1.165) is 49.9 Å². The number of amides is 2. The highest BCUT2D eigenvalue weighted by atomic mass is 19.3. The third kappa shape index (κ3) is 4.25. The summed E-state index contributed by atoms with van der Waals surface area (Å²) in [6.45, 7) is 4.09. The molecule has 2 aromatic rings. The van der Waals surface area contributed by atoms with Crippen molar-refractivity contribution in [1.29, 1.82) is 0 Å². The predicted molar refractivity (Wildman–Crippen MR) is 118 cm³/mol. The lowest BCUT2D eigenvalue weighted by Gasteiger charge is -2.31. The Hall–Kier alpha value is -2.48. The molecule has 3 fully saturated rings. The van der Waals surface area contributed by atoms with Crippen LogP contribution in [-0.2, 0) is 0 Å². The largest absolute Gasteiger partial charge is 0.351 e. The molecule has 1 atom stereocenters. The second-order valence-corrected chi connectivity index (χ2v) is 9.44. The lowest BCUT2D eigenvalue weighted by Crippen LogP contribution is -2.42. The van der Waals surface area contributed by atoms with E-state index in [1.165, 1.54) is 17.7 Å². The molecule has 8 heteroatoms. The Morgan fingerprint density at radius 2 is 1.72 bits per heavy atom. The molecule has 3 aliphatic rings. The SMILES string of the molecule is O=C(c1cc2cc(C(=O)N3CCCC3CN3CCCC3)ccc2[nH]1)N1CCC(F)(F)CC1. The second kappa shape index (κ2) is 8.46. The molecule has 3 saturated heterocycles. The van der Waals surface area contributed by atoms with Crippen molar-refractivity contribution in [2.75, 3.05) is 39.3 Å². The summed E-state index contributed by atoms with van der Waals surface area (Å²) in [5.74, 6) is -2.91. The number of likely N-dealkylation sites (tertiary alicyclic amines) is 3. The first-order valence-electron chi connectivity index (χ1n) is 11.7. The van der Waals surface area contributed by atoms with Gasteiger partial charge in [0.1, 0.15) is 5.69 Å². The standard InChI is InChI=1S/C24H30F2N4O2/c25-24(26)7-12-29(13-8-24)23(32)21-15-18-14-17(5-6-20(18)27-21)22(31)30-11-3-4-19(30)16-28-9-1-2-10-28/h5-6,14-15,19,27H,1-4,7-13,16H2. The molecule has 6 nitrogen and oxygen atoms in total. The van der Waals surface area contributed by atoms with Crippen LogP contribution < -0.4 is 0 Å². The normalized spacial score (nSPS) is 23.9. The lowest BCUT2D eigenvalue weighted by atomic mass is 10.1. The Bertz CT molecular complexity index is 1000. The van der Waals surface area contributed by atoms with Crippen molar-refractivity contribution in [3.63, 3.8) is 0 Å². The van der Waals surface area contributed by atoms with E-state index in [2.05, 4.69) is 9.88 Å². The fourth-order valence-electron chi connectivity index (χ4n) is 5.31. The third-order valence-electron chi connectivity index (χ3n) is 7.19. The van der Waals surface area contributed by atoms with Crippen molar-refractivity contribution in [1.82, 2.24) is 19.7 Å². The minimum Gasteiger partial charge on any atom is -0.351 e. The number of aromatic nitrogens is 1. The fourth-order valence-corrected chi connectivity index (χ4v) is 5.31. The number of carbonyl (C=O) groups is 2. The van der Waals surface area contributed by atoms with Crippen LogP contribution in [-0.4, -0.2) is 82.7 Å². The van der Waals surface area contributed by atoms with Crippen LogP contribution >= 0.6 is 0 Å². The summed E-state index contributed by atoms with van der Waals surface area (Å²) in [7, 11) is 0. The van der Waals surface area contributed by atoms with E-state index in [-0.39, 0.29) is 43.8 Å². The van der Waals surface area contributed by atoms with Gasteiger partial charge in [-0.15, -0.1) is 0 Å². The van der Waals surface area contributed by atoms with Gasteiger partial charge in [-0.25, -0.2) is 8.78 Å². The van der Waals surface area contributed by atoms with Crippen LogP contribution in [0.15, 0.2) is 24.3 Å². The minimum absolute atomic E-state index is 0.0425. The van der Waals surface area contributed by atoms with Crippen LogP contribution in [0.4, 0.5) is 8.78 Å². The summed E-state index contributed by atoms with van der Waals surface area (Å²) in [4.78, 5) is 35.1. The summed E-state index contributed by atoms with van der Waals surface area (Å²) in [6.07, 6.45) is 3.96. The van der Waals surface area contributed by atoms with Crippen molar-refractivity contribution < 1.29 is 18.4 Å². The molecule has 5 rings (SSSR count). The Balaban J connectivity index is 1.30. The zero-order valence-corrected chi connectivity index (χ0v) is 18.3. The van der Waals surface area contributed by atoms with Gasteiger partial charge in [0.15, 0.2) is 0 Å². The van der Waals surface area contributed by atoms with Crippen molar-refractivity contribution in [2.24, 2.45) is 0 Å². The Morgan fingerprint density at radius 1 is 0.969 bits per heavy atom. The van der Waals surface area contributed by atoms with Crippen LogP contribution in [0.1, 0.15) is 59.4 Å². The maximum atomic E-state index is 13.4. The number of piperidine rings is 1. The molecule has 1 aromatic heterocycles. The number of fused-ring (bicyclic) bond motifs is 1. The number of hydrogen-bond donors (Lipinski definition) is 1. The van der Waals surface area contributed by atoms with Gasteiger partial charge in [-0.1, -0.05) is 0 Å². The molecule has 0 radical (unpaired) electrons. The van der Waals surface area contributed by atoms with Gasteiger partial charge in [0, 0.05) is 61.5 Å². The monoisotopic (exact) mass is 444 g/mol. The maximum Gasteiger partial charge on any atom is 0.270 e. The van der Waals surface area contributed by atoms with E-state index in [1.807, 2.05) is 23.1 Å². The van der Waals surface area contributed by atoms with Crippen molar-refractivity contribution in [3.05, 3.63) is 35.5 Å². The number of benzene rings is 1. The molecule has 0 aliphatic carbocycles. The molecular formula is C24H30F2N4O2. The van der Waals surface area contributed by atoms with Gasteiger partial charge in [0.05, 0.1) is 0 Å². The molecule has 4 heterocycles. The number of halogens is 2. The van der Waals surface area contributed by atoms with Crippen molar-refractivity contribution in [2.45, 2.75) is 50.5 Å². The van der Waals surface area contributed by atoms with E-state index in [4.69, 9.17) is 0 Å². The quantitative estimate of drug-likeness (QED) is 0.782. The Labute approximate surface area is 186 Å². The number of hydrogen-bond acceptors (Lipinski definition) is 3. The summed E-state index contributed by atoms with van der Waals surface area (Å²) in [5, 5.41) is 0.789. The Morgan fingerprint density at radius 3 is 2.47 bits per heavy atom. The number of carbonyl (C=O) groups excluding carboxylic acids is 2. The lowest BCUT2D eigenvalue weighted by molar-refractivity contribution is -0.0495. The number of rotatable bonds is 4. The van der Waals surface area contributed by atoms with E-state index in [1.54, 1.807) is 6.07 Å². The first-order chi connectivity index (χ1) is 15.4.